The van der Waals surface area contributed by atoms with Crippen LogP contribution in [0.3, 0.4) is 0 Å². The molecule has 0 saturated carbocycles. The van der Waals surface area contributed by atoms with Crippen LogP contribution in [0, 0.1) is 5.92 Å². The molecule has 1 fully saturated rings. The number of fused-ring (bicyclic) bond motifs is 1. The largest absolute Gasteiger partial charge is 0.486 e. The Hall–Kier alpha value is -3.37. The fourth-order valence-electron chi connectivity index (χ4n) is 3.66. The van der Waals surface area contributed by atoms with Crippen LogP contribution >= 0.6 is 0 Å². The second-order valence-corrected chi connectivity index (χ2v) is 9.55. The Bertz CT molecular complexity index is 1140. The first-order valence-electron chi connectivity index (χ1n) is 10.7. The summed E-state index contributed by atoms with van der Waals surface area (Å²) in [5.74, 6) is -0.170. The zero-order valence-electron chi connectivity index (χ0n) is 17.9. The van der Waals surface area contributed by atoms with Crippen molar-refractivity contribution in [3.8, 4) is 11.5 Å². The van der Waals surface area contributed by atoms with Crippen LogP contribution in [-0.4, -0.2) is 50.8 Å². The van der Waals surface area contributed by atoms with E-state index in [2.05, 4.69) is 10.9 Å². The van der Waals surface area contributed by atoms with Gasteiger partial charge < -0.3 is 9.47 Å². The highest BCUT2D eigenvalue weighted by molar-refractivity contribution is 7.92. The number of amides is 2. The lowest BCUT2D eigenvalue weighted by Gasteiger charge is -2.29. The molecule has 2 aromatic carbocycles. The number of nitrogens with zero attached hydrogens (tertiary/aromatic N) is 1. The fourth-order valence-corrected chi connectivity index (χ4v) is 4.89. The molecule has 2 aromatic rings. The molecule has 0 aliphatic carbocycles. The quantitative estimate of drug-likeness (QED) is 0.644. The standard InChI is InChI=1S/C23H25N3O6S/c27-22(24-25-23(28)19-6-7-20-21(16-19)32-14-13-31-20)18-8-11-26(12-9-18)33(29,30)15-10-17-4-2-1-3-5-17/h1-7,10,15-16,18H,8-9,11-14H2,(H,24,27)(H,25,28)/b15-10+. The number of nitrogens with one attached hydrogen (secondary N) is 2. The van der Waals surface area contributed by atoms with Crippen molar-refractivity contribution in [3.63, 3.8) is 0 Å². The normalized spacial score (nSPS) is 17.0. The van der Waals surface area contributed by atoms with Crippen molar-refractivity contribution in [3.05, 3.63) is 65.1 Å². The Morgan fingerprint density at radius 2 is 1.64 bits per heavy atom. The zero-order chi connectivity index (χ0) is 23.3. The first-order valence-corrected chi connectivity index (χ1v) is 12.2. The highest BCUT2D eigenvalue weighted by Gasteiger charge is 2.30. The summed E-state index contributed by atoms with van der Waals surface area (Å²) in [7, 11) is -3.57. The number of sulfonamides is 1. The third-order valence-corrected chi connectivity index (χ3v) is 7.09. The topological polar surface area (TPSA) is 114 Å². The first-order chi connectivity index (χ1) is 15.9. The van der Waals surface area contributed by atoms with Gasteiger partial charge in [-0.2, -0.15) is 4.31 Å². The monoisotopic (exact) mass is 471 g/mol. The first kappa shape index (κ1) is 22.8. The molecular weight excluding hydrogens is 446 g/mol. The molecule has 0 radical (unpaired) electrons. The van der Waals surface area contributed by atoms with Crippen LogP contribution < -0.4 is 20.3 Å². The molecule has 2 N–H and O–H groups in total. The van der Waals surface area contributed by atoms with E-state index in [1.165, 1.54) is 9.71 Å². The Balaban J connectivity index is 1.26. The number of carbonyl (C=O) groups excluding carboxylic acids is 2. The molecule has 1 saturated heterocycles. The van der Waals surface area contributed by atoms with Crippen LogP contribution in [0.15, 0.2) is 53.9 Å². The lowest BCUT2D eigenvalue weighted by molar-refractivity contribution is -0.126. The van der Waals surface area contributed by atoms with Gasteiger partial charge in [-0.15, -0.1) is 0 Å². The third-order valence-electron chi connectivity index (χ3n) is 5.52. The summed E-state index contributed by atoms with van der Waals surface area (Å²) in [6.45, 7) is 1.33. The molecule has 4 rings (SSSR count). The van der Waals surface area contributed by atoms with Crippen LogP contribution in [-0.2, 0) is 14.8 Å². The maximum absolute atomic E-state index is 12.6. The molecule has 33 heavy (non-hydrogen) atoms. The van der Waals surface area contributed by atoms with E-state index in [1.54, 1.807) is 24.3 Å². The number of rotatable bonds is 5. The molecule has 0 bridgehead atoms. The lowest BCUT2D eigenvalue weighted by Crippen LogP contribution is -2.48. The average molecular weight is 472 g/mol. The summed E-state index contributed by atoms with van der Waals surface area (Å²) in [4.78, 5) is 24.9. The van der Waals surface area contributed by atoms with E-state index >= 15 is 0 Å². The van der Waals surface area contributed by atoms with Crippen LogP contribution in [0.25, 0.3) is 6.08 Å². The van der Waals surface area contributed by atoms with E-state index < -0.39 is 21.8 Å². The molecule has 0 spiro atoms. The Labute approximate surface area is 192 Å². The van der Waals surface area contributed by atoms with Crippen LogP contribution in [0.4, 0.5) is 0 Å². The van der Waals surface area contributed by atoms with Gasteiger partial charge in [-0.1, -0.05) is 30.3 Å². The number of hydrogen-bond acceptors (Lipinski definition) is 6. The second kappa shape index (κ2) is 10.1. The van der Waals surface area contributed by atoms with Crippen molar-refractivity contribution in [2.24, 2.45) is 5.92 Å². The SMILES string of the molecule is O=C(NNC(=O)C1CCN(S(=O)(=O)/C=C/c2ccccc2)CC1)c1ccc2c(c1)OCCO2. The van der Waals surface area contributed by atoms with Gasteiger partial charge >= 0.3 is 0 Å². The maximum Gasteiger partial charge on any atom is 0.269 e. The highest BCUT2D eigenvalue weighted by Crippen LogP contribution is 2.30. The molecule has 2 amide bonds. The van der Waals surface area contributed by atoms with E-state index in [-0.39, 0.29) is 19.0 Å². The molecule has 2 aliphatic rings. The summed E-state index contributed by atoms with van der Waals surface area (Å²) >= 11 is 0. The van der Waals surface area contributed by atoms with Gasteiger partial charge in [0.15, 0.2) is 11.5 Å². The summed E-state index contributed by atoms with van der Waals surface area (Å²) in [5, 5.41) is 1.19. The Morgan fingerprint density at radius 1 is 0.939 bits per heavy atom. The van der Waals surface area contributed by atoms with Crippen molar-refractivity contribution in [1.82, 2.24) is 15.2 Å². The lowest BCUT2D eigenvalue weighted by atomic mass is 9.98. The van der Waals surface area contributed by atoms with Crippen LogP contribution in [0.1, 0.15) is 28.8 Å². The molecule has 0 atom stereocenters. The molecule has 0 unspecified atom stereocenters. The minimum Gasteiger partial charge on any atom is -0.486 e. The van der Waals surface area contributed by atoms with E-state index in [0.29, 0.717) is 43.1 Å². The van der Waals surface area contributed by atoms with Crippen LogP contribution in [0.5, 0.6) is 11.5 Å². The number of carbonyl (C=O) groups is 2. The number of benzene rings is 2. The smallest absolute Gasteiger partial charge is 0.269 e. The predicted octanol–water partition coefficient (Wildman–Crippen LogP) is 1.93. The third kappa shape index (κ3) is 5.71. The molecule has 2 heterocycles. The van der Waals surface area contributed by atoms with E-state index in [0.717, 1.165) is 5.56 Å². The molecule has 2 aliphatic heterocycles. The van der Waals surface area contributed by atoms with Crippen LogP contribution in [0.2, 0.25) is 0 Å². The highest BCUT2D eigenvalue weighted by atomic mass is 32.2. The summed E-state index contributed by atoms with van der Waals surface area (Å²) in [6, 6.07) is 14.0. The molecular formula is C23H25N3O6S. The van der Waals surface area contributed by atoms with Crippen molar-refractivity contribution >= 4 is 27.9 Å². The average Bonchev–Trinajstić information content (AvgIpc) is 2.86. The van der Waals surface area contributed by atoms with Gasteiger partial charge in [-0.3, -0.25) is 20.4 Å². The van der Waals surface area contributed by atoms with Crippen molar-refractivity contribution < 1.29 is 27.5 Å². The van der Waals surface area contributed by atoms with Crippen molar-refractivity contribution in [1.29, 1.82) is 0 Å². The number of ether oxygens (including phenoxy) is 2. The van der Waals surface area contributed by atoms with E-state index in [4.69, 9.17) is 9.47 Å². The zero-order valence-corrected chi connectivity index (χ0v) is 18.7. The fraction of sp³-hybridized carbons (Fsp3) is 0.304. The van der Waals surface area contributed by atoms with Gasteiger partial charge in [0.2, 0.25) is 15.9 Å². The number of piperidine rings is 1. The van der Waals surface area contributed by atoms with Gasteiger partial charge in [0.1, 0.15) is 13.2 Å². The van der Waals surface area contributed by atoms with Gasteiger partial charge in [-0.05, 0) is 42.7 Å². The summed E-state index contributed by atoms with van der Waals surface area (Å²) in [6.07, 6.45) is 2.29. The molecule has 9 nitrogen and oxygen atoms in total. The Morgan fingerprint density at radius 3 is 2.36 bits per heavy atom. The molecule has 0 aromatic heterocycles. The summed E-state index contributed by atoms with van der Waals surface area (Å²) < 4.78 is 37.4. The predicted molar refractivity (Wildman–Crippen MR) is 122 cm³/mol. The molecule has 10 heteroatoms. The summed E-state index contributed by atoms with van der Waals surface area (Å²) in [5.41, 5.74) is 5.96. The van der Waals surface area contributed by atoms with Crippen molar-refractivity contribution in [2.75, 3.05) is 26.3 Å². The van der Waals surface area contributed by atoms with Crippen molar-refractivity contribution in [2.45, 2.75) is 12.8 Å². The molecule has 174 valence electrons. The number of hydrogen-bond donors (Lipinski definition) is 2. The van der Waals surface area contributed by atoms with Gasteiger partial charge in [0.25, 0.3) is 5.91 Å². The van der Waals surface area contributed by atoms with Gasteiger partial charge in [0.05, 0.1) is 0 Å². The minimum absolute atomic E-state index is 0.232. The van der Waals surface area contributed by atoms with Gasteiger partial charge in [0, 0.05) is 30.0 Å². The number of hydrazine groups is 1. The minimum atomic E-state index is -3.57. The van der Waals surface area contributed by atoms with E-state index in [9.17, 15) is 18.0 Å². The maximum atomic E-state index is 12.6. The van der Waals surface area contributed by atoms with E-state index in [1.807, 2.05) is 30.3 Å². The second-order valence-electron chi connectivity index (χ2n) is 7.73. The van der Waals surface area contributed by atoms with Gasteiger partial charge in [-0.25, -0.2) is 8.42 Å². The Kier molecular flexibility index (Phi) is 6.95.